The zero-order chi connectivity index (χ0) is 30.9. The first-order valence-electron chi connectivity index (χ1n) is 14.9. The lowest BCUT2D eigenvalue weighted by Gasteiger charge is -2.19. The van der Waals surface area contributed by atoms with Gasteiger partial charge >= 0.3 is 5.97 Å². The standard InChI is InChI=1S/C37H38N4O3/c1-37(2,3)33-22-15-29(16-23-33)25-44-34-7-5-4-6-30(34)17-12-27(9-8-26-10-20-32(21-11-26)36(42)43)24-28-13-18-31(19-14-28)35-38-40-41-39-35/h4-7,10-23,27H,8-9,24-25H2,1-3H3,(H,42,43)(H,38,39,40,41). The van der Waals surface area contributed by atoms with E-state index >= 15 is 0 Å². The number of carbonyl (C=O) groups is 1. The molecule has 0 bridgehead atoms. The third-order valence-corrected chi connectivity index (χ3v) is 7.76. The summed E-state index contributed by atoms with van der Waals surface area (Å²) in [6.07, 6.45) is 7.01. The molecule has 0 saturated carbocycles. The number of aryl methyl sites for hydroxylation is 1. The Kier molecular flexibility index (Phi) is 9.65. The summed E-state index contributed by atoms with van der Waals surface area (Å²) in [6, 6.07) is 32.2. The summed E-state index contributed by atoms with van der Waals surface area (Å²) in [6.45, 7) is 7.15. The summed E-state index contributed by atoms with van der Waals surface area (Å²) < 4.78 is 6.29. The highest BCUT2D eigenvalue weighted by Gasteiger charge is 2.13. The molecule has 0 amide bonds. The molecule has 7 nitrogen and oxygen atoms in total. The van der Waals surface area contributed by atoms with Crippen molar-refractivity contribution in [2.45, 2.75) is 52.1 Å². The Bertz CT molecular complexity index is 1670. The molecule has 2 N–H and O–H groups in total. The van der Waals surface area contributed by atoms with Crippen molar-refractivity contribution in [1.82, 2.24) is 20.6 Å². The largest absolute Gasteiger partial charge is 0.488 e. The van der Waals surface area contributed by atoms with Crippen LogP contribution in [0, 0.1) is 5.92 Å². The van der Waals surface area contributed by atoms with Crippen LogP contribution in [0.4, 0.5) is 0 Å². The van der Waals surface area contributed by atoms with Gasteiger partial charge in [0.2, 0.25) is 0 Å². The molecule has 1 unspecified atom stereocenters. The van der Waals surface area contributed by atoms with E-state index in [4.69, 9.17) is 4.74 Å². The molecular formula is C37H38N4O3. The molecule has 4 aromatic carbocycles. The van der Waals surface area contributed by atoms with Crippen molar-refractivity contribution in [2.24, 2.45) is 5.92 Å². The number of hydrogen-bond acceptors (Lipinski definition) is 5. The Balaban J connectivity index is 1.30. The van der Waals surface area contributed by atoms with Gasteiger partial charge < -0.3 is 9.84 Å². The van der Waals surface area contributed by atoms with Crippen LogP contribution in [0.3, 0.4) is 0 Å². The number of carboxylic acids is 1. The Morgan fingerprint density at radius 3 is 2.23 bits per heavy atom. The molecule has 44 heavy (non-hydrogen) atoms. The monoisotopic (exact) mass is 586 g/mol. The molecule has 5 aromatic rings. The van der Waals surface area contributed by atoms with Gasteiger partial charge in [0.1, 0.15) is 12.4 Å². The molecule has 0 aliphatic heterocycles. The third kappa shape index (κ3) is 8.28. The van der Waals surface area contributed by atoms with E-state index in [0.29, 0.717) is 18.0 Å². The van der Waals surface area contributed by atoms with Crippen LogP contribution in [0.2, 0.25) is 0 Å². The molecule has 224 valence electrons. The number of hydrogen-bond donors (Lipinski definition) is 2. The van der Waals surface area contributed by atoms with E-state index in [1.807, 2.05) is 42.5 Å². The van der Waals surface area contributed by atoms with E-state index < -0.39 is 5.97 Å². The van der Waals surface area contributed by atoms with Gasteiger partial charge in [0.25, 0.3) is 0 Å². The van der Waals surface area contributed by atoms with Gasteiger partial charge in [0.15, 0.2) is 5.82 Å². The van der Waals surface area contributed by atoms with Gasteiger partial charge in [-0.25, -0.2) is 9.89 Å². The maximum absolute atomic E-state index is 11.3. The maximum atomic E-state index is 11.3. The second-order valence-electron chi connectivity index (χ2n) is 12.1. The predicted molar refractivity (Wildman–Crippen MR) is 173 cm³/mol. The van der Waals surface area contributed by atoms with Crippen LogP contribution >= 0.6 is 0 Å². The molecule has 0 radical (unpaired) electrons. The van der Waals surface area contributed by atoms with Gasteiger partial charge in [0.05, 0.1) is 5.56 Å². The first kappa shape index (κ1) is 30.4. The summed E-state index contributed by atoms with van der Waals surface area (Å²) in [5.74, 6) is 0.811. The lowest BCUT2D eigenvalue weighted by Crippen LogP contribution is -2.10. The molecule has 0 saturated heterocycles. The fourth-order valence-electron chi connectivity index (χ4n) is 5.07. The molecule has 0 fully saturated rings. The zero-order valence-corrected chi connectivity index (χ0v) is 25.4. The topological polar surface area (TPSA) is 101 Å². The van der Waals surface area contributed by atoms with Crippen molar-refractivity contribution < 1.29 is 14.6 Å². The van der Waals surface area contributed by atoms with Crippen molar-refractivity contribution >= 4 is 12.0 Å². The normalized spacial score (nSPS) is 12.3. The molecule has 0 aliphatic rings. The summed E-state index contributed by atoms with van der Waals surface area (Å²) in [7, 11) is 0. The predicted octanol–water partition coefficient (Wildman–Crippen LogP) is 7.95. The van der Waals surface area contributed by atoms with E-state index in [0.717, 1.165) is 47.3 Å². The Labute approximate surface area is 258 Å². The number of nitrogens with zero attached hydrogens (tertiary/aromatic N) is 3. The average Bonchev–Trinajstić information content (AvgIpc) is 3.57. The molecule has 0 aliphatic carbocycles. The summed E-state index contributed by atoms with van der Waals surface area (Å²) in [5, 5.41) is 23.4. The number of aromatic nitrogens is 4. The van der Waals surface area contributed by atoms with Crippen LogP contribution in [0.1, 0.15) is 65.4 Å². The fourth-order valence-corrected chi connectivity index (χ4v) is 5.07. The first-order chi connectivity index (χ1) is 21.2. The van der Waals surface area contributed by atoms with Crippen LogP contribution in [0.5, 0.6) is 5.75 Å². The van der Waals surface area contributed by atoms with Crippen molar-refractivity contribution in [3.8, 4) is 17.1 Å². The summed E-state index contributed by atoms with van der Waals surface area (Å²) in [5.41, 5.74) is 7.14. The summed E-state index contributed by atoms with van der Waals surface area (Å²) >= 11 is 0. The summed E-state index contributed by atoms with van der Waals surface area (Å²) in [4.78, 5) is 11.3. The number of tetrazole rings is 1. The number of allylic oxidation sites excluding steroid dienone is 1. The Morgan fingerprint density at radius 2 is 1.57 bits per heavy atom. The van der Waals surface area contributed by atoms with Gasteiger partial charge in [-0.3, -0.25) is 0 Å². The van der Waals surface area contributed by atoms with Crippen molar-refractivity contribution in [2.75, 3.05) is 0 Å². The zero-order valence-electron chi connectivity index (χ0n) is 25.4. The van der Waals surface area contributed by atoms with Gasteiger partial charge in [-0.15, -0.1) is 5.10 Å². The van der Waals surface area contributed by atoms with E-state index in [2.05, 4.69) is 96.0 Å². The van der Waals surface area contributed by atoms with E-state index in [1.165, 1.54) is 11.1 Å². The second-order valence-corrected chi connectivity index (χ2v) is 12.1. The van der Waals surface area contributed by atoms with Crippen molar-refractivity contribution in [3.63, 3.8) is 0 Å². The maximum Gasteiger partial charge on any atom is 0.335 e. The minimum Gasteiger partial charge on any atom is -0.488 e. The number of carboxylic acid groups (broad SMARTS) is 1. The van der Waals surface area contributed by atoms with Crippen LogP contribution in [0.25, 0.3) is 17.5 Å². The van der Waals surface area contributed by atoms with Crippen LogP contribution in [-0.2, 0) is 24.9 Å². The minimum atomic E-state index is -0.912. The second kappa shape index (κ2) is 14.0. The lowest BCUT2D eigenvalue weighted by atomic mass is 9.87. The number of ether oxygens (including phenoxy) is 1. The first-order valence-corrected chi connectivity index (χ1v) is 14.9. The van der Waals surface area contributed by atoms with Gasteiger partial charge in [-0.2, -0.15) is 0 Å². The number of H-pyrrole nitrogens is 1. The SMILES string of the molecule is CC(C)(C)c1ccc(COc2ccccc2C=CC(CCc2ccc(C(=O)O)cc2)Cc2ccc(-c3nnn[nH]3)cc2)cc1. The number of rotatable bonds is 12. The molecule has 1 heterocycles. The van der Waals surface area contributed by atoms with Gasteiger partial charge in [0, 0.05) is 11.1 Å². The number of nitrogens with one attached hydrogen (secondary N) is 1. The fraction of sp³-hybridized carbons (Fsp3) is 0.243. The molecule has 1 atom stereocenters. The number of para-hydroxylation sites is 1. The van der Waals surface area contributed by atoms with Crippen LogP contribution in [0.15, 0.2) is 103 Å². The molecule has 1 aromatic heterocycles. The van der Waals surface area contributed by atoms with E-state index in [9.17, 15) is 9.90 Å². The smallest absolute Gasteiger partial charge is 0.335 e. The Hall–Kier alpha value is -5.04. The molecule has 5 rings (SSSR count). The lowest BCUT2D eigenvalue weighted by molar-refractivity contribution is 0.0697. The molecule has 0 spiro atoms. The quantitative estimate of drug-likeness (QED) is 0.154. The average molecular weight is 587 g/mol. The Morgan fingerprint density at radius 1 is 0.886 bits per heavy atom. The number of aromatic amines is 1. The minimum absolute atomic E-state index is 0.117. The highest BCUT2D eigenvalue weighted by Crippen LogP contribution is 2.26. The number of benzene rings is 4. The van der Waals surface area contributed by atoms with Gasteiger partial charge in [-0.1, -0.05) is 112 Å². The number of aromatic carboxylic acids is 1. The van der Waals surface area contributed by atoms with Crippen LogP contribution in [-0.4, -0.2) is 31.7 Å². The molecule has 7 heteroatoms. The third-order valence-electron chi connectivity index (χ3n) is 7.76. The van der Waals surface area contributed by atoms with Gasteiger partial charge in [-0.05, 0) is 81.5 Å². The molecular weight excluding hydrogens is 548 g/mol. The van der Waals surface area contributed by atoms with Crippen LogP contribution < -0.4 is 4.74 Å². The van der Waals surface area contributed by atoms with E-state index in [-0.39, 0.29) is 11.3 Å². The highest BCUT2D eigenvalue weighted by atomic mass is 16.5. The van der Waals surface area contributed by atoms with E-state index in [1.54, 1.807) is 12.1 Å². The van der Waals surface area contributed by atoms with Crippen molar-refractivity contribution in [1.29, 1.82) is 0 Å². The highest BCUT2D eigenvalue weighted by molar-refractivity contribution is 5.87. The van der Waals surface area contributed by atoms with Crippen molar-refractivity contribution in [3.05, 3.63) is 137 Å².